The molecule has 5 nitrogen and oxygen atoms in total. The molecule has 1 rings (SSSR count). The molecule has 1 atom stereocenters. The number of likely N-dealkylation sites (tertiary alicyclic amines) is 1. The highest BCUT2D eigenvalue weighted by Gasteiger charge is 2.39. The number of rotatable bonds is 2. The van der Waals surface area contributed by atoms with E-state index in [9.17, 15) is 9.59 Å². The fourth-order valence-corrected chi connectivity index (χ4v) is 1.71. The molecular formula is C10H15N3O2. The molecule has 1 aliphatic heterocycles. The van der Waals surface area contributed by atoms with Crippen LogP contribution in [-0.4, -0.2) is 29.3 Å². The fraction of sp³-hybridized carbons (Fsp3) is 0.700. The van der Waals surface area contributed by atoms with Gasteiger partial charge in [-0.2, -0.15) is 5.26 Å². The monoisotopic (exact) mass is 209 g/mol. The van der Waals surface area contributed by atoms with Gasteiger partial charge in [-0.25, -0.2) is 0 Å². The molecule has 0 aliphatic carbocycles. The van der Waals surface area contributed by atoms with Crippen LogP contribution in [0.25, 0.3) is 0 Å². The molecule has 1 unspecified atom stereocenters. The van der Waals surface area contributed by atoms with Crippen LogP contribution in [0, 0.1) is 16.7 Å². The van der Waals surface area contributed by atoms with Crippen molar-refractivity contribution in [1.29, 1.82) is 5.26 Å². The molecule has 2 N–H and O–H groups in total. The van der Waals surface area contributed by atoms with Crippen LogP contribution in [0.3, 0.4) is 0 Å². The lowest BCUT2D eigenvalue weighted by Crippen LogP contribution is -2.48. The third kappa shape index (κ3) is 2.09. The summed E-state index contributed by atoms with van der Waals surface area (Å²) in [5.41, 5.74) is 4.11. The van der Waals surface area contributed by atoms with Gasteiger partial charge in [-0.3, -0.25) is 9.59 Å². The van der Waals surface area contributed by atoms with Crippen LogP contribution in [0.4, 0.5) is 0 Å². The van der Waals surface area contributed by atoms with Crippen LogP contribution in [0.2, 0.25) is 0 Å². The van der Waals surface area contributed by atoms with Gasteiger partial charge in [0.25, 0.3) is 0 Å². The van der Waals surface area contributed by atoms with Gasteiger partial charge < -0.3 is 10.6 Å². The summed E-state index contributed by atoms with van der Waals surface area (Å²) in [7, 11) is 0. The second-order valence-corrected chi connectivity index (χ2v) is 4.30. The van der Waals surface area contributed by atoms with E-state index in [2.05, 4.69) is 0 Å². The van der Waals surface area contributed by atoms with Crippen molar-refractivity contribution >= 4 is 11.8 Å². The van der Waals surface area contributed by atoms with Crippen molar-refractivity contribution in [3.8, 4) is 6.07 Å². The minimum Gasteiger partial charge on any atom is -0.368 e. The average molecular weight is 209 g/mol. The number of nitriles is 1. The quantitative estimate of drug-likeness (QED) is 0.695. The molecule has 2 amide bonds. The Morgan fingerprint density at radius 2 is 2.13 bits per heavy atom. The Balaban J connectivity index is 2.85. The Kier molecular flexibility index (Phi) is 2.98. The minimum atomic E-state index is -1.09. The molecule has 0 bridgehead atoms. The number of amides is 2. The summed E-state index contributed by atoms with van der Waals surface area (Å²) in [4.78, 5) is 24.4. The Morgan fingerprint density at radius 3 is 2.60 bits per heavy atom. The SMILES string of the molecule is CC(C)(C#N)C(=O)N1CCCC1C(N)=O. The zero-order chi connectivity index (χ0) is 11.6. The summed E-state index contributed by atoms with van der Waals surface area (Å²) in [6.07, 6.45) is 1.36. The second-order valence-electron chi connectivity index (χ2n) is 4.30. The van der Waals surface area contributed by atoms with Gasteiger partial charge in [0, 0.05) is 6.54 Å². The third-order valence-corrected chi connectivity index (χ3v) is 2.66. The van der Waals surface area contributed by atoms with E-state index in [0.29, 0.717) is 13.0 Å². The summed E-state index contributed by atoms with van der Waals surface area (Å²) < 4.78 is 0. The molecular weight excluding hydrogens is 194 g/mol. The lowest BCUT2D eigenvalue weighted by atomic mass is 9.93. The highest BCUT2D eigenvalue weighted by Crippen LogP contribution is 2.25. The van der Waals surface area contributed by atoms with Crippen LogP contribution in [0.5, 0.6) is 0 Å². The van der Waals surface area contributed by atoms with E-state index in [1.807, 2.05) is 6.07 Å². The predicted octanol–water partition coefficient (Wildman–Crippen LogP) is 0.0125. The highest BCUT2D eigenvalue weighted by atomic mass is 16.2. The molecule has 1 saturated heterocycles. The Hall–Kier alpha value is -1.57. The molecule has 0 aromatic heterocycles. The van der Waals surface area contributed by atoms with Gasteiger partial charge in [-0.15, -0.1) is 0 Å². The molecule has 5 heteroatoms. The van der Waals surface area contributed by atoms with Crippen molar-refractivity contribution < 1.29 is 9.59 Å². The van der Waals surface area contributed by atoms with Crippen LogP contribution >= 0.6 is 0 Å². The summed E-state index contributed by atoms with van der Waals surface area (Å²) in [5.74, 6) is -0.805. The molecule has 0 saturated carbocycles. The van der Waals surface area contributed by atoms with E-state index in [1.165, 1.54) is 4.90 Å². The van der Waals surface area contributed by atoms with Gasteiger partial charge in [-0.1, -0.05) is 0 Å². The van der Waals surface area contributed by atoms with E-state index >= 15 is 0 Å². The molecule has 1 aliphatic rings. The van der Waals surface area contributed by atoms with Gasteiger partial charge >= 0.3 is 0 Å². The van der Waals surface area contributed by atoms with Crippen molar-refractivity contribution in [2.75, 3.05) is 6.54 Å². The number of nitrogens with two attached hydrogens (primary N) is 1. The maximum atomic E-state index is 11.9. The largest absolute Gasteiger partial charge is 0.368 e. The van der Waals surface area contributed by atoms with E-state index in [1.54, 1.807) is 13.8 Å². The summed E-state index contributed by atoms with van der Waals surface area (Å²) in [6.45, 7) is 3.61. The van der Waals surface area contributed by atoms with Crippen molar-refractivity contribution in [1.82, 2.24) is 4.90 Å². The van der Waals surface area contributed by atoms with Gasteiger partial charge in [0.2, 0.25) is 11.8 Å². The number of nitrogens with zero attached hydrogens (tertiary/aromatic N) is 2. The lowest BCUT2D eigenvalue weighted by molar-refractivity contribution is -0.142. The first-order valence-electron chi connectivity index (χ1n) is 4.92. The van der Waals surface area contributed by atoms with Crippen molar-refractivity contribution in [2.45, 2.75) is 32.7 Å². The molecule has 0 spiro atoms. The van der Waals surface area contributed by atoms with Gasteiger partial charge in [-0.05, 0) is 26.7 Å². The molecule has 82 valence electrons. The van der Waals surface area contributed by atoms with E-state index in [4.69, 9.17) is 11.0 Å². The number of primary amides is 1. The zero-order valence-corrected chi connectivity index (χ0v) is 8.99. The standard InChI is InChI=1S/C10H15N3O2/c1-10(2,6-11)9(15)13-5-3-4-7(13)8(12)14/h7H,3-5H2,1-2H3,(H2,12,14). The molecule has 0 aromatic carbocycles. The number of carbonyl (C=O) groups excluding carboxylic acids is 2. The van der Waals surface area contributed by atoms with E-state index in [0.717, 1.165) is 6.42 Å². The van der Waals surface area contributed by atoms with E-state index in [-0.39, 0.29) is 5.91 Å². The summed E-state index contributed by atoms with van der Waals surface area (Å²) >= 11 is 0. The van der Waals surface area contributed by atoms with Gasteiger partial charge in [0.1, 0.15) is 11.5 Å². The molecule has 1 heterocycles. The topological polar surface area (TPSA) is 87.2 Å². The fourth-order valence-electron chi connectivity index (χ4n) is 1.71. The Morgan fingerprint density at radius 1 is 1.53 bits per heavy atom. The number of hydrogen-bond donors (Lipinski definition) is 1. The zero-order valence-electron chi connectivity index (χ0n) is 8.99. The minimum absolute atomic E-state index is 0.314. The lowest BCUT2D eigenvalue weighted by Gasteiger charge is -2.27. The van der Waals surface area contributed by atoms with Crippen molar-refractivity contribution in [3.63, 3.8) is 0 Å². The molecule has 1 fully saturated rings. The Labute approximate surface area is 88.8 Å². The number of carbonyl (C=O) groups is 2. The van der Waals surface area contributed by atoms with Crippen LogP contribution in [0.15, 0.2) is 0 Å². The van der Waals surface area contributed by atoms with Gasteiger partial charge in [0.05, 0.1) is 6.07 Å². The first-order chi connectivity index (χ1) is 6.90. The van der Waals surface area contributed by atoms with Gasteiger partial charge in [0.15, 0.2) is 0 Å². The number of hydrogen-bond acceptors (Lipinski definition) is 3. The predicted molar refractivity (Wildman–Crippen MR) is 53.3 cm³/mol. The first-order valence-corrected chi connectivity index (χ1v) is 4.92. The van der Waals surface area contributed by atoms with Crippen LogP contribution < -0.4 is 5.73 Å². The Bertz CT molecular complexity index is 330. The highest BCUT2D eigenvalue weighted by molar-refractivity contribution is 5.91. The maximum Gasteiger partial charge on any atom is 0.243 e. The molecule has 0 aromatic rings. The summed E-state index contributed by atoms with van der Waals surface area (Å²) in [6, 6.07) is 1.40. The first kappa shape index (κ1) is 11.5. The molecule has 0 radical (unpaired) electrons. The second kappa shape index (κ2) is 3.89. The van der Waals surface area contributed by atoms with Crippen molar-refractivity contribution in [3.05, 3.63) is 0 Å². The molecule has 15 heavy (non-hydrogen) atoms. The van der Waals surface area contributed by atoms with Crippen LogP contribution in [-0.2, 0) is 9.59 Å². The normalized spacial score (nSPS) is 21.1. The van der Waals surface area contributed by atoms with Crippen LogP contribution in [0.1, 0.15) is 26.7 Å². The summed E-state index contributed by atoms with van der Waals surface area (Å²) in [5, 5.41) is 8.84. The smallest absolute Gasteiger partial charge is 0.243 e. The maximum absolute atomic E-state index is 11.9. The average Bonchev–Trinajstić information content (AvgIpc) is 2.64. The van der Waals surface area contributed by atoms with E-state index < -0.39 is 17.4 Å². The third-order valence-electron chi connectivity index (χ3n) is 2.66. The van der Waals surface area contributed by atoms with Crippen molar-refractivity contribution in [2.24, 2.45) is 11.1 Å².